The van der Waals surface area contributed by atoms with E-state index >= 15 is 0 Å². The predicted molar refractivity (Wildman–Crippen MR) is 128 cm³/mol. The SMILES string of the molecule is CCN(CC1CCCN(Cc2ccc(OC(F)F)cc2)C1)C(=O)c1cc2cc(OC(F)F)ccc2[nH]1. The highest BCUT2D eigenvalue weighted by Gasteiger charge is 2.25. The highest BCUT2D eigenvalue weighted by atomic mass is 19.3. The molecule has 1 fully saturated rings. The number of hydrogen-bond donors (Lipinski definition) is 1. The van der Waals surface area contributed by atoms with Crippen molar-refractivity contribution >= 4 is 16.8 Å². The summed E-state index contributed by atoms with van der Waals surface area (Å²) in [7, 11) is 0. The number of nitrogens with zero attached hydrogens (tertiary/aromatic N) is 2. The highest BCUT2D eigenvalue weighted by Crippen LogP contribution is 2.25. The molecule has 2 heterocycles. The van der Waals surface area contributed by atoms with E-state index < -0.39 is 13.2 Å². The van der Waals surface area contributed by atoms with Crippen molar-refractivity contribution < 1.29 is 31.8 Å². The zero-order valence-electron chi connectivity index (χ0n) is 19.9. The molecule has 1 aromatic heterocycles. The Morgan fingerprint density at radius 2 is 1.75 bits per heavy atom. The molecule has 4 rings (SSSR count). The third-order valence-electron chi connectivity index (χ3n) is 6.35. The lowest BCUT2D eigenvalue weighted by Gasteiger charge is -2.35. The van der Waals surface area contributed by atoms with Gasteiger partial charge in [0.1, 0.15) is 17.2 Å². The van der Waals surface area contributed by atoms with Gasteiger partial charge in [0.25, 0.3) is 5.91 Å². The minimum atomic E-state index is -2.91. The summed E-state index contributed by atoms with van der Waals surface area (Å²) >= 11 is 0. The molecule has 3 aromatic rings. The van der Waals surface area contributed by atoms with Gasteiger partial charge in [-0.2, -0.15) is 17.6 Å². The molecule has 1 atom stereocenters. The third kappa shape index (κ3) is 6.69. The summed E-state index contributed by atoms with van der Waals surface area (Å²) in [6.45, 7) is -0.249. The maximum atomic E-state index is 13.2. The van der Waals surface area contributed by atoms with Crippen LogP contribution in [0.4, 0.5) is 17.6 Å². The number of likely N-dealkylation sites (tertiary alicyclic amines) is 1. The summed E-state index contributed by atoms with van der Waals surface area (Å²) in [6.07, 6.45) is 2.00. The van der Waals surface area contributed by atoms with Crippen LogP contribution >= 0.6 is 0 Å². The molecule has 6 nitrogen and oxygen atoms in total. The number of halogens is 4. The van der Waals surface area contributed by atoms with Crippen molar-refractivity contribution in [2.75, 3.05) is 26.2 Å². The first-order valence-electron chi connectivity index (χ1n) is 11.9. The summed E-state index contributed by atoms with van der Waals surface area (Å²) in [6, 6.07) is 12.9. The number of aromatic nitrogens is 1. The number of benzene rings is 2. The summed E-state index contributed by atoms with van der Waals surface area (Å²) in [5.41, 5.74) is 2.08. The van der Waals surface area contributed by atoms with Gasteiger partial charge in [-0.15, -0.1) is 0 Å². The van der Waals surface area contributed by atoms with Crippen molar-refractivity contribution in [3.05, 3.63) is 59.8 Å². The van der Waals surface area contributed by atoms with Crippen molar-refractivity contribution in [1.29, 1.82) is 0 Å². The van der Waals surface area contributed by atoms with Gasteiger partial charge < -0.3 is 19.4 Å². The van der Waals surface area contributed by atoms with Gasteiger partial charge in [0.2, 0.25) is 0 Å². The lowest BCUT2D eigenvalue weighted by Crippen LogP contribution is -2.42. The quantitative estimate of drug-likeness (QED) is 0.356. The molecule has 1 aliphatic rings. The Hall–Kier alpha value is -3.27. The first kappa shape index (κ1) is 25.8. The molecule has 1 amide bonds. The van der Waals surface area contributed by atoms with Crippen LogP contribution in [0.15, 0.2) is 48.5 Å². The van der Waals surface area contributed by atoms with Crippen LogP contribution in [0.25, 0.3) is 10.9 Å². The van der Waals surface area contributed by atoms with Crippen LogP contribution < -0.4 is 9.47 Å². The van der Waals surface area contributed by atoms with Crippen LogP contribution in [0, 0.1) is 5.92 Å². The second-order valence-corrected chi connectivity index (χ2v) is 8.92. The molecule has 1 unspecified atom stereocenters. The molecule has 0 radical (unpaired) electrons. The summed E-state index contributed by atoms with van der Waals surface area (Å²) in [5.74, 6) is 0.328. The zero-order chi connectivity index (χ0) is 25.7. The monoisotopic (exact) mass is 507 g/mol. The van der Waals surface area contributed by atoms with Gasteiger partial charge in [-0.1, -0.05) is 12.1 Å². The van der Waals surface area contributed by atoms with E-state index in [9.17, 15) is 22.4 Å². The minimum Gasteiger partial charge on any atom is -0.435 e. The Morgan fingerprint density at radius 1 is 1.06 bits per heavy atom. The Labute approximate surface area is 206 Å². The van der Waals surface area contributed by atoms with E-state index in [2.05, 4.69) is 19.4 Å². The minimum absolute atomic E-state index is 0.0429. The molecular weight excluding hydrogens is 478 g/mol. The molecular formula is C26H29F4N3O3. The van der Waals surface area contributed by atoms with Crippen LogP contribution in [0.1, 0.15) is 35.8 Å². The van der Waals surface area contributed by atoms with Crippen molar-refractivity contribution in [3.8, 4) is 11.5 Å². The van der Waals surface area contributed by atoms with Gasteiger partial charge in [0.15, 0.2) is 0 Å². The van der Waals surface area contributed by atoms with Crippen LogP contribution in [-0.4, -0.2) is 60.1 Å². The lowest BCUT2D eigenvalue weighted by atomic mass is 9.96. The van der Waals surface area contributed by atoms with E-state index in [0.29, 0.717) is 42.1 Å². The molecule has 10 heteroatoms. The molecule has 1 aliphatic heterocycles. The number of fused-ring (bicyclic) bond motifs is 1. The summed E-state index contributed by atoms with van der Waals surface area (Å²) < 4.78 is 58.6. The van der Waals surface area contributed by atoms with Crippen molar-refractivity contribution in [1.82, 2.24) is 14.8 Å². The molecule has 194 valence electrons. The Morgan fingerprint density at radius 3 is 2.44 bits per heavy atom. The number of carbonyl (C=O) groups excluding carboxylic acids is 1. The van der Waals surface area contributed by atoms with Crippen LogP contribution in [-0.2, 0) is 6.54 Å². The Bertz CT molecular complexity index is 1150. The molecule has 0 aliphatic carbocycles. The zero-order valence-corrected chi connectivity index (χ0v) is 19.9. The van der Waals surface area contributed by atoms with E-state index in [1.807, 2.05) is 6.92 Å². The largest absolute Gasteiger partial charge is 0.435 e. The standard InChI is InChI=1S/C26H29F4N3O3/c1-2-33(24(34)23-13-19-12-21(36-26(29)30)9-10-22(19)31-23)16-18-4-3-11-32(15-18)14-17-5-7-20(8-6-17)35-25(27)28/h5-10,12-13,18,25-26,31H,2-4,11,14-16H2,1H3. The van der Waals surface area contributed by atoms with Crippen molar-refractivity contribution in [2.45, 2.75) is 39.5 Å². The number of rotatable bonds is 10. The normalized spacial score (nSPS) is 16.6. The third-order valence-corrected chi connectivity index (χ3v) is 6.35. The number of alkyl halides is 4. The van der Waals surface area contributed by atoms with E-state index in [-0.39, 0.29) is 17.4 Å². The van der Waals surface area contributed by atoms with Gasteiger partial charge in [-0.3, -0.25) is 9.69 Å². The molecule has 0 saturated carbocycles. The molecule has 2 aromatic carbocycles. The Kier molecular flexibility index (Phi) is 8.35. The smallest absolute Gasteiger partial charge is 0.387 e. The van der Waals surface area contributed by atoms with E-state index in [0.717, 1.165) is 31.5 Å². The maximum absolute atomic E-state index is 13.2. The number of amides is 1. The van der Waals surface area contributed by atoms with E-state index in [1.54, 1.807) is 41.3 Å². The highest BCUT2D eigenvalue weighted by molar-refractivity contribution is 5.98. The van der Waals surface area contributed by atoms with E-state index in [4.69, 9.17) is 0 Å². The number of ether oxygens (including phenoxy) is 2. The van der Waals surface area contributed by atoms with Gasteiger partial charge >= 0.3 is 13.2 Å². The summed E-state index contributed by atoms with van der Waals surface area (Å²) in [4.78, 5) is 20.4. The molecule has 36 heavy (non-hydrogen) atoms. The predicted octanol–water partition coefficient (Wildman–Crippen LogP) is 5.75. The van der Waals surface area contributed by atoms with Crippen LogP contribution in [0.2, 0.25) is 0 Å². The second kappa shape index (κ2) is 11.6. The topological polar surface area (TPSA) is 57.8 Å². The average Bonchev–Trinajstić information content (AvgIpc) is 3.26. The fourth-order valence-electron chi connectivity index (χ4n) is 4.72. The number of carbonyl (C=O) groups is 1. The molecule has 1 N–H and O–H groups in total. The van der Waals surface area contributed by atoms with Crippen LogP contribution in [0.3, 0.4) is 0 Å². The maximum Gasteiger partial charge on any atom is 0.387 e. The van der Waals surface area contributed by atoms with Crippen molar-refractivity contribution in [3.63, 3.8) is 0 Å². The van der Waals surface area contributed by atoms with Gasteiger partial charge in [0, 0.05) is 37.1 Å². The first-order chi connectivity index (χ1) is 17.3. The number of nitrogens with one attached hydrogen (secondary N) is 1. The fourth-order valence-corrected chi connectivity index (χ4v) is 4.72. The molecule has 1 saturated heterocycles. The number of hydrogen-bond acceptors (Lipinski definition) is 4. The molecule has 0 bridgehead atoms. The number of H-pyrrole nitrogens is 1. The Balaban J connectivity index is 1.36. The average molecular weight is 508 g/mol. The second-order valence-electron chi connectivity index (χ2n) is 8.92. The molecule has 0 spiro atoms. The lowest BCUT2D eigenvalue weighted by molar-refractivity contribution is -0.0505. The van der Waals surface area contributed by atoms with E-state index in [1.165, 1.54) is 12.1 Å². The summed E-state index contributed by atoms with van der Waals surface area (Å²) in [5, 5.41) is 0.626. The van der Waals surface area contributed by atoms with Gasteiger partial charge in [-0.05, 0) is 74.2 Å². The van der Waals surface area contributed by atoms with Gasteiger partial charge in [-0.25, -0.2) is 0 Å². The van der Waals surface area contributed by atoms with Gasteiger partial charge in [0.05, 0.1) is 0 Å². The number of piperidine rings is 1. The first-order valence-corrected chi connectivity index (χ1v) is 11.9. The number of aromatic amines is 1. The fraction of sp³-hybridized carbons (Fsp3) is 0.423. The van der Waals surface area contributed by atoms with Crippen molar-refractivity contribution in [2.24, 2.45) is 5.92 Å². The van der Waals surface area contributed by atoms with Crippen LogP contribution in [0.5, 0.6) is 11.5 Å².